The lowest BCUT2D eigenvalue weighted by atomic mass is 10.2. The van der Waals surface area contributed by atoms with Crippen LogP contribution in [0, 0.1) is 10.1 Å². The zero-order valence-electron chi connectivity index (χ0n) is 17.4. The van der Waals surface area contributed by atoms with Crippen molar-refractivity contribution in [3.63, 3.8) is 0 Å². The standard InChI is InChI=1S/C21H24N6O5/c28-20(18-2-1-13-32-18)23-15-3-5-16(6-4-15)24-21(29)26-11-9-25(10-12-26)17-7-8-19(22-14-17)27(30)31/h3-8,14,18H,1-2,9-13H2,(H,23,28)(H,24,29). The van der Waals surface area contributed by atoms with Crippen molar-refractivity contribution in [2.75, 3.05) is 48.3 Å². The van der Waals surface area contributed by atoms with Crippen molar-refractivity contribution < 1.29 is 19.2 Å². The van der Waals surface area contributed by atoms with Crippen LogP contribution in [0.3, 0.4) is 0 Å². The van der Waals surface area contributed by atoms with Crippen LogP contribution >= 0.6 is 0 Å². The minimum absolute atomic E-state index is 0.152. The van der Waals surface area contributed by atoms with E-state index >= 15 is 0 Å². The molecule has 1 aromatic carbocycles. The van der Waals surface area contributed by atoms with Crippen molar-refractivity contribution >= 4 is 34.8 Å². The Labute approximate surface area is 184 Å². The summed E-state index contributed by atoms with van der Waals surface area (Å²) in [5.41, 5.74) is 2.07. The molecule has 3 heterocycles. The molecule has 0 spiro atoms. The van der Waals surface area contributed by atoms with E-state index in [-0.39, 0.29) is 17.8 Å². The number of urea groups is 1. The molecule has 2 fully saturated rings. The highest BCUT2D eigenvalue weighted by Gasteiger charge is 2.24. The summed E-state index contributed by atoms with van der Waals surface area (Å²) >= 11 is 0. The number of nitrogens with zero attached hydrogens (tertiary/aromatic N) is 4. The molecule has 2 aliphatic rings. The summed E-state index contributed by atoms with van der Waals surface area (Å²) in [6.07, 6.45) is 2.71. The van der Waals surface area contributed by atoms with E-state index < -0.39 is 11.0 Å². The van der Waals surface area contributed by atoms with Gasteiger partial charge >= 0.3 is 11.8 Å². The fraction of sp³-hybridized carbons (Fsp3) is 0.381. The van der Waals surface area contributed by atoms with Crippen LogP contribution in [0.5, 0.6) is 0 Å². The van der Waals surface area contributed by atoms with Gasteiger partial charge in [0, 0.05) is 50.2 Å². The molecular formula is C21H24N6O5. The number of aromatic nitrogens is 1. The molecule has 0 aliphatic carbocycles. The van der Waals surface area contributed by atoms with Crippen LogP contribution < -0.4 is 15.5 Å². The van der Waals surface area contributed by atoms with Crippen molar-refractivity contribution in [3.8, 4) is 0 Å². The average Bonchev–Trinajstić information content (AvgIpc) is 3.36. The van der Waals surface area contributed by atoms with Gasteiger partial charge < -0.3 is 35.3 Å². The number of hydrogen-bond acceptors (Lipinski definition) is 7. The minimum Gasteiger partial charge on any atom is -0.368 e. The molecule has 1 aromatic heterocycles. The van der Waals surface area contributed by atoms with Crippen LogP contribution in [-0.2, 0) is 9.53 Å². The highest BCUT2D eigenvalue weighted by Crippen LogP contribution is 2.20. The molecule has 11 nitrogen and oxygen atoms in total. The minimum atomic E-state index is -0.531. The van der Waals surface area contributed by atoms with Gasteiger partial charge in [-0.2, -0.15) is 0 Å². The molecular weight excluding hydrogens is 416 g/mol. The maximum absolute atomic E-state index is 12.6. The van der Waals surface area contributed by atoms with Crippen molar-refractivity contribution in [1.82, 2.24) is 9.88 Å². The summed E-state index contributed by atoms with van der Waals surface area (Å²) in [7, 11) is 0. The molecule has 11 heteroatoms. The van der Waals surface area contributed by atoms with Gasteiger partial charge in [0.25, 0.3) is 5.91 Å². The van der Waals surface area contributed by atoms with Gasteiger partial charge in [-0.1, -0.05) is 0 Å². The first kappa shape index (κ1) is 21.5. The zero-order valence-corrected chi connectivity index (χ0v) is 17.4. The van der Waals surface area contributed by atoms with Crippen molar-refractivity contribution in [2.45, 2.75) is 18.9 Å². The molecule has 0 radical (unpaired) electrons. The second kappa shape index (κ2) is 9.60. The molecule has 32 heavy (non-hydrogen) atoms. The number of piperazine rings is 1. The van der Waals surface area contributed by atoms with Gasteiger partial charge in [-0.3, -0.25) is 4.79 Å². The highest BCUT2D eigenvalue weighted by molar-refractivity contribution is 5.95. The van der Waals surface area contributed by atoms with Crippen molar-refractivity contribution in [3.05, 3.63) is 52.7 Å². The summed E-state index contributed by atoms with van der Waals surface area (Å²) in [6.45, 7) is 2.83. The van der Waals surface area contributed by atoms with Gasteiger partial charge in [-0.05, 0) is 53.1 Å². The van der Waals surface area contributed by atoms with Crippen LogP contribution in [-0.4, -0.2) is 65.6 Å². The highest BCUT2D eigenvalue weighted by atomic mass is 16.6. The first-order valence-corrected chi connectivity index (χ1v) is 10.4. The van der Waals surface area contributed by atoms with Crippen LogP contribution in [0.1, 0.15) is 12.8 Å². The normalized spacial score (nSPS) is 18.3. The second-order valence-corrected chi connectivity index (χ2v) is 7.60. The van der Waals surface area contributed by atoms with Crippen LogP contribution in [0.15, 0.2) is 42.6 Å². The van der Waals surface area contributed by atoms with E-state index in [1.807, 2.05) is 4.90 Å². The maximum Gasteiger partial charge on any atom is 0.363 e. The summed E-state index contributed by atoms with van der Waals surface area (Å²) in [4.78, 5) is 42.5. The molecule has 2 aliphatic heterocycles. The lowest BCUT2D eigenvalue weighted by Crippen LogP contribution is -2.50. The van der Waals surface area contributed by atoms with E-state index in [4.69, 9.17) is 4.74 Å². The smallest absolute Gasteiger partial charge is 0.363 e. The number of anilines is 3. The number of amides is 3. The summed E-state index contributed by atoms with van der Waals surface area (Å²) < 4.78 is 5.37. The Kier molecular flexibility index (Phi) is 6.45. The SMILES string of the molecule is O=C(Nc1ccc(NC(=O)N2CCN(c3ccc([N+](=O)[O-])nc3)CC2)cc1)C1CCCO1. The predicted molar refractivity (Wildman–Crippen MR) is 118 cm³/mol. The zero-order chi connectivity index (χ0) is 22.5. The van der Waals surface area contributed by atoms with E-state index in [9.17, 15) is 19.7 Å². The Morgan fingerprint density at radius 3 is 2.28 bits per heavy atom. The molecule has 0 saturated carbocycles. The van der Waals surface area contributed by atoms with E-state index in [1.54, 1.807) is 35.2 Å². The largest absolute Gasteiger partial charge is 0.368 e. The number of ether oxygens (including phenoxy) is 1. The monoisotopic (exact) mass is 440 g/mol. The van der Waals surface area contributed by atoms with Crippen LogP contribution in [0.25, 0.3) is 0 Å². The van der Waals surface area contributed by atoms with E-state index in [2.05, 4.69) is 15.6 Å². The lowest BCUT2D eigenvalue weighted by molar-refractivity contribution is -0.389. The van der Waals surface area contributed by atoms with E-state index in [1.165, 1.54) is 12.3 Å². The number of rotatable bonds is 5. The fourth-order valence-corrected chi connectivity index (χ4v) is 3.69. The number of carbonyl (C=O) groups excluding carboxylic acids is 2. The first-order valence-electron chi connectivity index (χ1n) is 10.4. The molecule has 1 atom stereocenters. The Morgan fingerprint density at radius 2 is 1.72 bits per heavy atom. The van der Waals surface area contributed by atoms with Crippen LogP contribution in [0.2, 0.25) is 0 Å². The quantitative estimate of drug-likeness (QED) is 0.539. The van der Waals surface area contributed by atoms with E-state index in [0.29, 0.717) is 44.2 Å². The maximum atomic E-state index is 12.6. The number of hydrogen-bond donors (Lipinski definition) is 2. The first-order chi connectivity index (χ1) is 15.5. The lowest BCUT2D eigenvalue weighted by Gasteiger charge is -2.35. The third-order valence-electron chi connectivity index (χ3n) is 5.48. The Hall–Kier alpha value is -3.73. The van der Waals surface area contributed by atoms with Gasteiger partial charge in [0.05, 0.1) is 5.69 Å². The number of nitro groups is 1. The van der Waals surface area contributed by atoms with E-state index in [0.717, 1.165) is 18.5 Å². The molecule has 2 aromatic rings. The second-order valence-electron chi connectivity index (χ2n) is 7.60. The summed E-state index contributed by atoms with van der Waals surface area (Å²) in [5, 5.41) is 16.4. The molecule has 168 valence electrons. The predicted octanol–water partition coefficient (Wildman–Crippen LogP) is 2.46. The van der Waals surface area contributed by atoms with Gasteiger partial charge in [0.15, 0.2) is 6.20 Å². The fourth-order valence-electron chi connectivity index (χ4n) is 3.69. The van der Waals surface area contributed by atoms with Crippen molar-refractivity contribution in [1.29, 1.82) is 0 Å². The van der Waals surface area contributed by atoms with Crippen molar-refractivity contribution in [2.24, 2.45) is 0 Å². The molecule has 4 rings (SSSR count). The average molecular weight is 440 g/mol. The van der Waals surface area contributed by atoms with Gasteiger partial charge in [-0.15, -0.1) is 0 Å². The number of carbonyl (C=O) groups is 2. The molecule has 3 amide bonds. The third kappa shape index (κ3) is 5.11. The van der Waals surface area contributed by atoms with Crippen LogP contribution in [0.4, 0.5) is 27.7 Å². The number of benzene rings is 1. The molecule has 2 saturated heterocycles. The Bertz CT molecular complexity index is 967. The Balaban J connectivity index is 1.25. The molecule has 1 unspecified atom stereocenters. The van der Waals surface area contributed by atoms with Gasteiger partial charge in [0.2, 0.25) is 0 Å². The van der Waals surface area contributed by atoms with Gasteiger partial charge in [-0.25, -0.2) is 4.79 Å². The molecule has 2 N–H and O–H groups in total. The topological polar surface area (TPSA) is 130 Å². The molecule has 0 bridgehead atoms. The Morgan fingerprint density at radius 1 is 1.03 bits per heavy atom. The third-order valence-corrected chi connectivity index (χ3v) is 5.48. The van der Waals surface area contributed by atoms with Gasteiger partial charge in [0.1, 0.15) is 6.10 Å². The summed E-state index contributed by atoms with van der Waals surface area (Å²) in [5.74, 6) is -0.343. The number of nitrogens with one attached hydrogen (secondary N) is 2. The number of pyridine rings is 1. The summed E-state index contributed by atoms with van der Waals surface area (Å²) in [6, 6.07) is 9.79.